The van der Waals surface area contributed by atoms with Crippen LogP contribution < -0.4 is 9.64 Å². The Morgan fingerprint density at radius 2 is 1.97 bits per heavy atom. The molecule has 1 atom stereocenters. The number of nitrogens with one attached hydrogen (secondary N) is 1. The number of hydrogen-bond acceptors (Lipinski definition) is 4. The molecule has 2 aromatic carbocycles. The van der Waals surface area contributed by atoms with E-state index in [0.717, 1.165) is 26.7 Å². The zero-order chi connectivity index (χ0) is 27.4. The Morgan fingerprint density at radius 1 is 1.18 bits per heavy atom. The van der Waals surface area contributed by atoms with E-state index >= 15 is 0 Å². The van der Waals surface area contributed by atoms with Gasteiger partial charge in [-0.1, -0.05) is 22.0 Å². The van der Waals surface area contributed by atoms with Crippen LogP contribution in [0.3, 0.4) is 0 Å². The summed E-state index contributed by atoms with van der Waals surface area (Å²) in [6.45, 7) is 0.0186. The van der Waals surface area contributed by atoms with Gasteiger partial charge in [-0.25, -0.2) is 0 Å². The number of amides is 2. The van der Waals surface area contributed by atoms with Gasteiger partial charge in [0, 0.05) is 33.7 Å². The van der Waals surface area contributed by atoms with Crippen molar-refractivity contribution in [2.45, 2.75) is 68.7 Å². The molecular weight excluding hydrogens is 577 g/mol. The van der Waals surface area contributed by atoms with Crippen LogP contribution in [-0.2, 0) is 15.0 Å². The first-order chi connectivity index (χ1) is 18.6. The van der Waals surface area contributed by atoms with Crippen LogP contribution in [0, 0.1) is 0 Å². The number of ether oxygens (including phenoxy) is 1. The van der Waals surface area contributed by atoms with Crippen LogP contribution in [0.2, 0.25) is 0 Å². The fourth-order valence-electron chi connectivity index (χ4n) is 6.56. The van der Waals surface area contributed by atoms with Crippen LogP contribution in [0.4, 0.5) is 18.9 Å². The van der Waals surface area contributed by atoms with Crippen LogP contribution in [0.25, 0.3) is 10.9 Å². The van der Waals surface area contributed by atoms with Gasteiger partial charge in [0.05, 0.1) is 29.7 Å². The normalized spacial score (nSPS) is 25.1. The molecule has 2 aliphatic heterocycles. The molecule has 1 saturated heterocycles. The molecule has 3 heterocycles. The van der Waals surface area contributed by atoms with Gasteiger partial charge in [-0.15, -0.1) is 0 Å². The Bertz CT molecular complexity index is 1420. The van der Waals surface area contributed by atoms with Gasteiger partial charge in [0.2, 0.25) is 11.8 Å². The third-order valence-corrected chi connectivity index (χ3v) is 9.03. The standard InChI is InChI=1S/C28H28BrF3N4O3/c29-21-4-1-5-23-25(21)27(10-8-19(9-11-27)39-20-6-7-22-17(13-20)15-33-34-22)26(38)36(23)16-24(37)35-12-2-3-18(35)14-28(30,31)32/h1,4-7,13,15,18-19H,2-3,8-12,14,16H2,(H,33,34). The fourth-order valence-corrected chi connectivity index (χ4v) is 7.30. The van der Waals surface area contributed by atoms with Crippen molar-refractivity contribution < 1.29 is 27.5 Å². The van der Waals surface area contributed by atoms with E-state index in [1.54, 1.807) is 6.20 Å². The highest BCUT2D eigenvalue weighted by Crippen LogP contribution is 2.53. The Hall–Kier alpha value is -3.08. The van der Waals surface area contributed by atoms with Gasteiger partial charge >= 0.3 is 6.18 Å². The number of nitrogens with zero attached hydrogens (tertiary/aromatic N) is 3. The van der Waals surface area contributed by atoms with Crippen LogP contribution in [0.1, 0.15) is 50.5 Å². The maximum absolute atomic E-state index is 14.0. The first kappa shape index (κ1) is 26.2. The fraction of sp³-hybridized carbons (Fsp3) is 0.464. The first-order valence-electron chi connectivity index (χ1n) is 13.2. The maximum atomic E-state index is 14.0. The second-order valence-electron chi connectivity index (χ2n) is 10.7. The van der Waals surface area contributed by atoms with Crippen molar-refractivity contribution in [1.29, 1.82) is 0 Å². The summed E-state index contributed by atoms with van der Waals surface area (Å²) in [5, 5.41) is 7.92. The van der Waals surface area contributed by atoms with Crippen LogP contribution in [-0.4, -0.2) is 58.3 Å². The number of likely N-dealkylation sites (tertiary alicyclic amines) is 1. The molecule has 1 aliphatic carbocycles. The monoisotopic (exact) mass is 604 g/mol. The van der Waals surface area contributed by atoms with Gasteiger partial charge < -0.3 is 14.5 Å². The zero-order valence-electron chi connectivity index (χ0n) is 21.1. The summed E-state index contributed by atoms with van der Waals surface area (Å²) in [5.41, 5.74) is 1.63. The van der Waals surface area contributed by atoms with Crippen LogP contribution in [0.5, 0.6) is 5.75 Å². The lowest BCUT2D eigenvalue weighted by Crippen LogP contribution is -2.49. The highest BCUT2D eigenvalue weighted by molar-refractivity contribution is 9.10. The second-order valence-corrected chi connectivity index (χ2v) is 11.6. The van der Waals surface area contributed by atoms with Crippen LogP contribution in [0.15, 0.2) is 47.1 Å². The summed E-state index contributed by atoms with van der Waals surface area (Å²) in [7, 11) is 0. The quantitative estimate of drug-likeness (QED) is 0.395. The summed E-state index contributed by atoms with van der Waals surface area (Å²) in [6.07, 6.45) is -0.445. The van der Waals surface area contributed by atoms with Crippen molar-refractivity contribution in [2.75, 3.05) is 18.0 Å². The number of halogens is 4. The molecule has 1 spiro atoms. The van der Waals surface area contributed by atoms with Gasteiger partial charge in [0.15, 0.2) is 0 Å². The molecule has 7 nitrogen and oxygen atoms in total. The molecule has 1 N–H and O–H groups in total. The second kappa shape index (κ2) is 9.83. The number of carbonyl (C=O) groups is 2. The van der Waals surface area contributed by atoms with Gasteiger partial charge in [-0.05, 0) is 68.9 Å². The molecule has 0 radical (unpaired) electrons. The number of anilines is 1. The number of aromatic nitrogens is 2. The minimum absolute atomic E-state index is 0.0675. The summed E-state index contributed by atoms with van der Waals surface area (Å²) >= 11 is 3.64. The average Bonchev–Trinajstić information content (AvgIpc) is 3.60. The third kappa shape index (κ3) is 4.79. The topological polar surface area (TPSA) is 78.5 Å². The van der Waals surface area contributed by atoms with E-state index < -0.39 is 30.0 Å². The average molecular weight is 605 g/mol. The molecule has 39 heavy (non-hydrogen) atoms. The molecular formula is C28H28BrF3N4O3. The van der Waals surface area contributed by atoms with Gasteiger partial charge in [-0.2, -0.15) is 18.3 Å². The van der Waals surface area contributed by atoms with Crippen LogP contribution >= 0.6 is 15.9 Å². The Kier molecular flexibility index (Phi) is 6.60. The summed E-state index contributed by atoms with van der Waals surface area (Å²) in [6, 6.07) is 10.4. The summed E-state index contributed by atoms with van der Waals surface area (Å²) < 4.78 is 46.3. The van der Waals surface area contributed by atoms with Crippen molar-refractivity contribution in [3.8, 4) is 5.75 Å². The third-order valence-electron chi connectivity index (χ3n) is 8.37. The van der Waals surface area contributed by atoms with E-state index in [1.165, 1.54) is 9.80 Å². The van der Waals surface area contributed by atoms with Gasteiger partial charge in [0.25, 0.3) is 0 Å². The van der Waals surface area contributed by atoms with Crippen molar-refractivity contribution in [3.05, 3.63) is 52.6 Å². The molecule has 1 aromatic heterocycles. The first-order valence-corrected chi connectivity index (χ1v) is 14.0. The number of hydrogen-bond donors (Lipinski definition) is 1. The number of benzene rings is 2. The van der Waals surface area contributed by atoms with E-state index in [2.05, 4.69) is 26.1 Å². The van der Waals surface area contributed by atoms with Crippen molar-refractivity contribution >= 4 is 44.3 Å². The number of alkyl halides is 3. The number of rotatable bonds is 5. The lowest BCUT2D eigenvalue weighted by atomic mass is 9.69. The molecule has 3 aliphatic rings. The van der Waals surface area contributed by atoms with E-state index in [1.807, 2.05) is 36.4 Å². The van der Waals surface area contributed by atoms with E-state index in [4.69, 9.17) is 4.74 Å². The number of fused-ring (bicyclic) bond motifs is 3. The summed E-state index contributed by atoms with van der Waals surface area (Å²) in [5.74, 6) is 0.141. The minimum Gasteiger partial charge on any atom is -0.490 e. The molecule has 1 unspecified atom stereocenters. The molecule has 206 valence electrons. The van der Waals surface area contributed by atoms with E-state index in [-0.39, 0.29) is 25.1 Å². The maximum Gasteiger partial charge on any atom is 0.391 e. The minimum atomic E-state index is -4.34. The number of H-pyrrole nitrogens is 1. The highest BCUT2D eigenvalue weighted by Gasteiger charge is 2.54. The Morgan fingerprint density at radius 3 is 2.74 bits per heavy atom. The molecule has 6 rings (SSSR count). The molecule has 11 heteroatoms. The predicted molar refractivity (Wildman–Crippen MR) is 143 cm³/mol. The van der Waals surface area contributed by atoms with Gasteiger partial charge in [0.1, 0.15) is 12.3 Å². The Labute approximate surface area is 231 Å². The number of aromatic amines is 1. The predicted octanol–water partition coefficient (Wildman–Crippen LogP) is 5.87. The lowest BCUT2D eigenvalue weighted by Gasteiger charge is -2.37. The molecule has 3 aromatic rings. The smallest absolute Gasteiger partial charge is 0.391 e. The lowest BCUT2D eigenvalue weighted by molar-refractivity contribution is -0.151. The van der Waals surface area contributed by atoms with Crippen molar-refractivity contribution in [1.82, 2.24) is 15.1 Å². The molecule has 0 bridgehead atoms. The summed E-state index contributed by atoms with van der Waals surface area (Å²) in [4.78, 5) is 30.1. The highest BCUT2D eigenvalue weighted by atomic mass is 79.9. The van der Waals surface area contributed by atoms with Crippen molar-refractivity contribution in [3.63, 3.8) is 0 Å². The van der Waals surface area contributed by atoms with Crippen molar-refractivity contribution in [2.24, 2.45) is 0 Å². The molecule has 2 amide bonds. The van der Waals surface area contributed by atoms with E-state index in [9.17, 15) is 22.8 Å². The zero-order valence-corrected chi connectivity index (χ0v) is 22.7. The van der Waals surface area contributed by atoms with Gasteiger partial charge in [-0.3, -0.25) is 14.7 Å². The molecule has 1 saturated carbocycles. The largest absolute Gasteiger partial charge is 0.490 e. The molecule has 2 fully saturated rings. The number of carbonyl (C=O) groups excluding carboxylic acids is 2. The SMILES string of the molecule is O=C(CN1C(=O)C2(CCC(Oc3ccc4[nH]ncc4c3)CC2)c2c(Br)cccc21)N1CCCC1CC(F)(F)F. The Balaban J connectivity index is 1.20. The van der Waals surface area contributed by atoms with E-state index in [0.29, 0.717) is 44.2 Å².